The van der Waals surface area contributed by atoms with E-state index in [-0.39, 0.29) is 17.4 Å². The normalized spacial score (nSPS) is 17.8. The van der Waals surface area contributed by atoms with Gasteiger partial charge in [0.2, 0.25) is 15.9 Å². The van der Waals surface area contributed by atoms with Crippen molar-refractivity contribution < 1.29 is 22.7 Å². The average Bonchev–Trinajstić information content (AvgIpc) is 3.24. The summed E-state index contributed by atoms with van der Waals surface area (Å²) in [6.07, 6.45) is 1.42. The lowest BCUT2D eigenvalue weighted by atomic mass is 10.3. The minimum Gasteiger partial charge on any atom is -0.484 e. The van der Waals surface area contributed by atoms with Crippen molar-refractivity contribution in [2.75, 3.05) is 56.6 Å². The third-order valence-corrected chi connectivity index (χ3v) is 7.70. The zero-order valence-electron chi connectivity index (χ0n) is 18.6. The van der Waals surface area contributed by atoms with Gasteiger partial charge in [0.05, 0.1) is 4.90 Å². The molecule has 10 heteroatoms. The second kappa shape index (κ2) is 9.90. The van der Waals surface area contributed by atoms with E-state index in [1.54, 1.807) is 41.3 Å². The van der Waals surface area contributed by atoms with Gasteiger partial charge in [-0.15, -0.1) is 0 Å². The first kappa shape index (κ1) is 23.2. The second-order valence-electron chi connectivity index (χ2n) is 8.21. The van der Waals surface area contributed by atoms with Crippen molar-refractivity contribution in [2.24, 2.45) is 0 Å². The van der Waals surface area contributed by atoms with Gasteiger partial charge in [0.15, 0.2) is 6.61 Å². The molecule has 0 radical (unpaired) electrons. The van der Waals surface area contributed by atoms with Crippen LogP contribution in [0.15, 0.2) is 53.4 Å². The number of hydrogen-bond donors (Lipinski definition) is 1. The number of nitrogens with zero attached hydrogens (tertiary/aromatic N) is 3. The molecule has 2 aromatic rings. The highest BCUT2D eigenvalue weighted by molar-refractivity contribution is 7.89. The zero-order chi connectivity index (χ0) is 23.4. The predicted molar refractivity (Wildman–Crippen MR) is 125 cm³/mol. The predicted octanol–water partition coefficient (Wildman–Crippen LogP) is 1.77. The summed E-state index contributed by atoms with van der Waals surface area (Å²) in [7, 11) is -1.65. The summed E-state index contributed by atoms with van der Waals surface area (Å²) in [6, 6.07) is 13.3. The zero-order valence-corrected chi connectivity index (χ0v) is 19.4. The Morgan fingerprint density at radius 1 is 1.03 bits per heavy atom. The van der Waals surface area contributed by atoms with Gasteiger partial charge in [-0.1, -0.05) is 6.07 Å². The molecule has 4 rings (SSSR count). The molecule has 2 aliphatic heterocycles. The maximum Gasteiger partial charge on any atom is 0.262 e. The van der Waals surface area contributed by atoms with Gasteiger partial charge in [-0.05, 0) is 55.9 Å². The molecule has 33 heavy (non-hydrogen) atoms. The number of sulfonamides is 1. The standard InChI is InChI=1S/C23H28N4O5S/c1-25-12-14-26(15-13-25)33(30,31)21-5-2-4-18(16-21)24-22(28)17-32-20-9-7-19(8-10-20)27-11-3-6-23(27)29/h2,4-5,7-10,16H,3,6,11-15,17H2,1H3,(H,24,28). The summed E-state index contributed by atoms with van der Waals surface area (Å²) in [4.78, 5) is 28.2. The van der Waals surface area contributed by atoms with Gasteiger partial charge in [-0.25, -0.2) is 8.42 Å². The fraction of sp³-hybridized carbons (Fsp3) is 0.391. The van der Waals surface area contributed by atoms with Crippen molar-refractivity contribution in [2.45, 2.75) is 17.7 Å². The highest BCUT2D eigenvalue weighted by Gasteiger charge is 2.27. The first-order valence-electron chi connectivity index (χ1n) is 10.9. The Balaban J connectivity index is 1.33. The van der Waals surface area contributed by atoms with Gasteiger partial charge < -0.3 is 19.9 Å². The number of anilines is 2. The molecule has 0 unspecified atom stereocenters. The van der Waals surface area contributed by atoms with E-state index in [9.17, 15) is 18.0 Å². The van der Waals surface area contributed by atoms with E-state index in [2.05, 4.69) is 10.2 Å². The lowest BCUT2D eigenvalue weighted by Gasteiger charge is -2.31. The van der Waals surface area contributed by atoms with Crippen molar-refractivity contribution in [1.29, 1.82) is 0 Å². The molecule has 9 nitrogen and oxygen atoms in total. The Morgan fingerprint density at radius 2 is 1.76 bits per heavy atom. The van der Waals surface area contributed by atoms with Crippen LogP contribution in [0.2, 0.25) is 0 Å². The van der Waals surface area contributed by atoms with E-state index < -0.39 is 15.9 Å². The van der Waals surface area contributed by atoms with Gasteiger partial charge in [0.25, 0.3) is 5.91 Å². The maximum absolute atomic E-state index is 12.9. The first-order valence-corrected chi connectivity index (χ1v) is 12.4. The quantitative estimate of drug-likeness (QED) is 0.659. The molecule has 2 heterocycles. The number of likely N-dealkylation sites (N-methyl/N-ethyl adjacent to an activating group) is 1. The molecule has 0 atom stereocenters. The number of benzene rings is 2. The van der Waals surface area contributed by atoms with Gasteiger partial charge in [0.1, 0.15) is 5.75 Å². The van der Waals surface area contributed by atoms with Crippen molar-refractivity contribution in [1.82, 2.24) is 9.21 Å². The minimum absolute atomic E-state index is 0.111. The third kappa shape index (κ3) is 5.52. The van der Waals surface area contributed by atoms with Crippen LogP contribution in [0.5, 0.6) is 5.75 Å². The minimum atomic E-state index is -3.62. The molecule has 0 saturated carbocycles. The molecule has 2 fully saturated rings. The molecule has 0 bridgehead atoms. The van der Waals surface area contributed by atoms with Crippen LogP contribution < -0.4 is 15.0 Å². The van der Waals surface area contributed by atoms with Gasteiger partial charge in [-0.2, -0.15) is 4.31 Å². The Hall–Kier alpha value is -2.95. The number of amides is 2. The molecule has 2 aliphatic rings. The molecule has 2 saturated heterocycles. The van der Waals surface area contributed by atoms with E-state index in [1.165, 1.54) is 16.4 Å². The molecule has 176 valence electrons. The number of ether oxygens (including phenoxy) is 1. The molecule has 0 aromatic heterocycles. The number of hydrogen-bond acceptors (Lipinski definition) is 6. The summed E-state index contributed by atoms with van der Waals surface area (Å²) < 4.78 is 32.9. The van der Waals surface area contributed by atoms with Crippen molar-refractivity contribution in [3.05, 3.63) is 48.5 Å². The van der Waals surface area contributed by atoms with Crippen LogP contribution in [0.25, 0.3) is 0 Å². The lowest BCUT2D eigenvalue weighted by Crippen LogP contribution is -2.47. The van der Waals surface area contributed by atoms with E-state index in [1.807, 2.05) is 7.05 Å². The highest BCUT2D eigenvalue weighted by Crippen LogP contribution is 2.24. The fourth-order valence-electron chi connectivity index (χ4n) is 3.90. The highest BCUT2D eigenvalue weighted by atomic mass is 32.2. The molecule has 0 spiro atoms. The Labute approximate surface area is 194 Å². The van der Waals surface area contributed by atoms with Crippen LogP contribution >= 0.6 is 0 Å². The summed E-state index contributed by atoms with van der Waals surface area (Å²) in [6.45, 7) is 2.73. The fourth-order valence-corrected chi connectivity index (χ4v) is 5.37. The van der Waals surface area contributed by atoms with E-state index >= 15 is 0 Å². The Kier molecular flexibility index (Phi) is 6.96. The molecule has 2 amide bonds. The lowest BCUT2D eigenvalue weighted by molar-refractivity contribution is -0.118. The van der Waals surface area contributed by atoms with Crippen molar-refractivity contribution in [3.63, 3.8) is 0 Å². The number of rotatable bonds is 7. The van der Waals surface area contributed by atoms with E-state index in [0.717, 1.165) is 12.1 Å². The summed E-state index contributed by atoms with van der Waals surface area (Å²) >= 11 is 0. The number of nitrogens with one attached hydrogen (secondary N) is 1. The third-order valence-electron chi connectivity index (χ3n) is 5.81. The van der Waals surface area contributed by atoms with Gasteiger partial charge in [0, 0.05) is 50.5 Å². The first-order chi connectivity index (χ1) is 15.8. The van der Waals surface area contributed by atoms with E-state index in [4.69, 9.17) is 4.74 Å². The second-order valence-corrected chi connectivity index (χ2v) is 10.2. The van der Waals surface area contributed by atoms with Crippen LogP contribution in [-0.4, -0.2) is 75.8 Å². The molecular formula is C23H28N4O5S. The number of carbonyl (C=O) groups excluding carboxylic acids is 2. The topological polar surface area (TPSA) is 99.3 Å². The number of carbonyl (C=O) groups is 2. The molecule has 0 aliphatic carbocycles. The van der Waals surface area contributed by atoms with Crippen LogP contribution in [0, 0.1) is 0 Å². The largest absolute Gasteiger partial charge is 0.484 e. The molecule has 1 N–H and O–H groups in total. The van der Waals surface area contributed by atoms with E-state index in [0.29, 0.717) is 50.6 Å². The monoisotopic (exact) mass is 472 g/mol. The van der Waals surface area contributed by atoms with Gasteiger partial charge in [-0.3, -0.25) is 9.59 Å². The van der Waals surface area contributed by atoms with Crippen LogP contribution in [0.1, 0.15) is 12.8 Å². The molecular weight excluding hydrogens is 444 g/mol. The number of piperazine rings is 1. The Bertz CT molecular complexity index is 1110. The molecule has 2 aromatic carbocycles. The van der Waals surface area contributed by atoms with Crippen molar-refractivity contribution in [3.8, 4) is 5.75 Å². The van der Waals surface area contributed by atoms with Crippen LogP contribution in [0.4, 0.5) is 11.4 Å². The van der Waals surface area contributed by atoms with Crippen LogP contribution in [-0.2, 0) is 19.6 Å². The van der Waals surface area contributed by atoms with Crippen molar-refractivity contribution >= 4 is 33.2 Å². The SMILES string of the molecule is CN1CCN(S(=O)(=O)c2cccc(NC(=O)COc3ccc(N4CCCC4=O)cc3)c2)CC1. The average molecular weight is 473 g/mol. The summed E-state index contributed by atoms with van der Waals surface area (Å²) in [5.41, 5.74) is 1.20. The summed E-state index contributed by atoms with van der Waals surface area (Å²) in [5.74, 6) is 0.217. The van der Waals surface area contributed by atoms with Gasteiger partial charge >= 0.3 is 0 Å². The van der Waals surface area contributed by atoms with Crippen LogP contribution in [0.3, 0.4) is 0 Å². The summed E-state index contributed by atoms with van der Waals surface area (Å²) in [5, 5.41) is 2.69. The smallest absolute Gasteiger partial charge is 0.262 e. The Morgan fingerprint density at radius 3 is 2.42 bits per heavy atom. The maximum atomic E-state index is 12.9.